The van der Waals surface area contributed by atoms with Crippen LogP contribution in [0.15, 0.2) is 18.2 Å². The molecule has 0 aliphatic carbocycles. The number of halogens is 3. The third-order valence-electron chi connectivity index (χ3n) is 3.21. The Labute approximate surface area is 109 Å². The number of alkyl halides is 3. The van der Waals surface area contributed by atoms with Gasteiger partial charge in [0.2, 0.25) is 5.91 Å². The van der Waals surface area contributed by atoms with Crippen LogP contribution >= 0.6 is 0 Å². The van der Waals surface area contributed by atoms with Crippen molar-refractivity contribution in [3.8, 4) is 0 Å². The highest BCUT2D eigenvalue weighted by molar-refractivity contribution is 5.96. The van der Waals surface area contributed by atoms with Gasteiger partial charge in [-0.1, -0.05) is 0 Å². The van der Waals surface area contributed by atoms with Crippen molar-refractivity contribution < 1.29 is 18.0 Å². The quantitative estimate of drug-likeness (QED) is 0.841. The number of nitrogen functional groups attached to an aromatic ring is 1. The molecule has 0 saturated heterocycles. The number of hydrogen-bond acceptors (Lipinski definition) is 2. The lowest BCUT2D eigenvalue weighted by atomic mass is 10.1. The molecule has 0 spiro atoms. The van der Waals surface area contributed by atoms with Crippen molar-refractivity contribution in [3.05, 3.63) is 23.8 Å². The minimum Gasteiger partial charge on any atom is -0.399 e. The molecule has 0 fully saturated rings. The smallest absolute Gasteiger partial charge is 0.389 e. The van der Waals surface area contributed by atoms with Crippen molar-refractivity contribution in [2.45, 2.75) is 38.4 Å². The van der Waals surface area contributed by atoms with Crippen LogP contribution in [0.2, 0.25) is 0 Å². The highest BCUT2D eigenvalue weighted by atomic mass is 19.4. The standard InChI is InChI=1S/C13H15F3N2O/c1-8-6-9-7-10(17)2-3-11(9)18(8)12(19)4-5-13(14,15)16/h2-3,7-8H,4-6,17H2,1H3. The van der Waals surface area contributed by atoms with Crippen LogP contribution in [0.4, 0.5) is 24.5 Å². The summed E-state index contributed by atoms with van der Waals surface area (Å²) < 4.78 is 36.5. The van der Waals surface area contributed by atoms with E-state index in [-0.39, 0.29) is 6.04 Å². The number of nitrogens with two attached hydrogens (primary N) is 1. The van der Waals surface area contributed by atoms with Crippen molar-refractivity contribution in [3.63, 3.8) is 0 Å². The summed E-state index contributed by atoms with van der Waals surface area (Å²) in [6, 6.07) is 4.99. The van der Waals surface area contributed by atoms with Crippen LogP contribution in [0.3, 0.4) is 0 Å². The molecule has 2 rings (SSSR count). The average molecular weight is 272 g/mol. The van der Waals surface area contributed by atoms with Gasteiger partial charge in [0.05, 0.1) is 6.42 Å². The largest absolute Gasteiger partial charge is 0.399 e. The number of anilines is 2. The zero-order valence-electron chi connectivity index (χ0n) is 10.5. The first-order valence-electron chi connectivity index (χ1n) is 6.05. The van der Waals surface area contributed by atoms with E-state index in [1.54, 1.807) is 18.2 Å². The van der Waals surface area contributed by atoms with E-state index in [4.69, 9.17) is 5.73 Å². The topological polar surface area (TPSA) is 46.3 Å². The van der Waals surface area contributed by atoms with Crippen molar-refractivity contribution in [2.75, 3.05) is 10.6 Å². The Hall–Kier alpha value is -1.72. The van der Waals surface area contributed by atoms with Crippen molar-refractivity contribution in [1.82, 2.24) is 0 Å². The molecule has 1 heterocycles. The molecular weight excluding hydrogens is 257 g/mol. The first kappa shape index (κ1) is 13.7. The van der Waals surface area contributed by atoms with Crippen molar-refractivity contribution in [1.29, 1.82) is 0 Å². The van der Waals surface area contributed by atoms with Crippen LogP contribution in [0.1, 0.15) is 25.3 Å². The number of hydrogen-bond donors (Lipinski definition) is 1. The summed E-state index contributed by atoms with van der Waals surface area (Å²) in [5.41, 5.74) is 7.84. The van der Waals surface area contributed by atoms with Gasteiger partial charge in [0.15, 0.2) is 0 Å². The van der Waals surface area contributed by atoms with Crippen LogP contribution in [-0.2, 0) is 11.2 Å². The summed E-state index contributed by atoms with van der Waals surface area (Å²) in [4.78, 5) is 13.4. The molecule has 104 valence electrons. The molecule has 1 aliphatic rings. The van der Waals surface area contributed by atoms with E-state index >= 15 is 0 Å². The lowest BCUT2D eigenvalue weighted by Gasteiger charge is -2.23. The Bertz CT molecular complexity index is 499. The van der Waals surface area contributed by atoms with Gasteiger partial charge in [-0.2, -0.15) is 13.2 Å². The maximum absolute atomic E-state index is 12.2. The highest BCUT2D eigenvalue weighted by Gasteiger charge is 2.34. The third-order valence-corrected chi connectivity index (χ3v) is 3.21. The van der Waals surface area contributed by atoms with Crippen LogP contribution in [0.5, 0.6) is 0 Å². The average Bonchev–Trinajstić information content (AvgIpc) is 2.60. The Morgan fingerprint density at radius 2 is 2.16 bits per heavy atom. The van der Waals surface area contributed by atoms with E-state index < -0.39 is 24.9 Å². The predicted octanol–water partition coefficient (Wildman–Crippen LogP) is 2.89. The van der Waals surface area contributed by atoms with Gasteiger partial charge in [0.1, 0.15) is 0 Å². The lowest BCUT2D eigenvalue weighted by Crippen LogP contribution is -2.36. The predicted molar refractivity (Wildman–Crippen MR) is 66.8 cm³/mol. The minimum absolute atomic E-state index is 0.127. The van der Waals surface area contributed by atoms with E-state index in [1.165, 1.54) is 4.90 Å². The van der Waals surface area contributed by atoms with E-state index in [9.17, 15) is 18.0 Å². The number of nitrogens with zero attached hydrogens (tertiary/aromatic N) is 1. The van der Waals surface area contributed by atoms with Crippen LogP contribution in [0.25, 0.3) is 0 Å². The maximum Gasteiger partial charge on any atom is 0.389 e. The maximum atomic E-state index is 12.2. The normalized spacial score (nSPS) is 18.5. The molecule has 1 aliphatic heterocycles. The number of amides is 1. The molecule has 19 heavy (non-hydrogen) atoms. The monoisotopic (exact) mass is 272 g/mol. The van der Waals surface area contributed by atoms with Gasteiger partial charge < -0.3 is 10.6 Å². The fraction of sp³-hybridized carbons (Fsp3) is 0.462. The van der Waals surface area contributed by atoms with E-state index in [1.807, 2.05) is 6.92 Å². The first-order chi connectivity index (χ1) is 8.78. The van der Waals surface area contributed by atoms with Gasteiger partial charge in [-0.05, 0) is 37.1 Å². The molecule has 0 saturated carbocycles. The second-order valence-corrected chi connectivity index (χ2v) is 4.82. The summed E-state index contributed by atoms with van der Waals surface area (Å²) in [6.45, 7) is 1.82. The zero-order chi connectivity index (χ0) is 14.2. The summed E-state index contributed by atoms with van der Waals surface area (Å²) in [5.74, 6) is -0.492. The van der Waals surface area contributed by atoms with Crippen LogP contribution < -0.4 is 10.6 Å². The molecule has 1 unspecified atom stereocenters. The Morgan fingerprint density at radius 1 is 1.47 bits per heavy atom. The van der Waals surface area contributed by atoms with E-state index in [2.05, 4.69) is 0 Å². The van der Waals surface area contributed by atoms with Crippen molar-refractivity contribution >= 4 is 17.3 Å². The van der Waals surface area contributed by atoms with E-state index in [0.29, 0.717) is 17.8 Å². The number of fused-ring (bicyclic) bond motifs is 1. The number of carbonyl (C=O) groups is 1. The summed E-state index contributed by atoms with van der Waals surface area (Å²) >= 11 is 0. The zero-order valence-corrected chi connectivity index (χ0v) is 10.5. The number of carbonyl (C=O) groups excluding carboxylic acids is 1. The molecule has 1 atom stereocenters. The van der Waals surface area contributed by atoms with E-state index in [0.717, 1.165) is 5.56 Å². The van der Waals surface area contributed by atoms with Gasteiger partial charge in [0, 0.05) is 23.8 Å². The van der Waals surface area contributed by atoms with Gasteiger partial charge in [-0.3, -0.25) is 4.79 Å². The molecular formula is C13H15F3N2O. The summed E-state index contributed by atoms with van der Waals surface area (Å²) in [5, 5.41) is 0. The fourth-order valence-corrected chi connectivity index (χ4v) is 2.40. The van der Waals surface area contributed by atoms with Gasteiger partial charge in [0.25, 0.3) is 0 Å². The Morgan fingerprint density at radius 3 is 2.79 bits per heavy atom. The Balaban J connectivity index is 2.15. The fourth-order valence-electron chi connectivity index (χ4n) is 2.40. The van der Waals surface area contributed by atoms with Crippen LogP contribution in [-0.4, -0.2) is 18.1 Å². The first-order valence-corrected chi connectivity index (χ1v) is 6.05. The minimum atomic E-state index is -4.30. The molecule has 1 aromatic carbocycles. The second kappa shape index (κ2) is 4.75. The van der Waals surface area contributed by atoms with Gasteiger partial charge >= 0.3 is 6.18 Å². The van der Waals surface area contributed by atoms with Crippen LogP contribution in [0, 0.1) is 0 Å². The molecule has 0 bridgehead atoms. The van der Waals surface area contributed by atoms with Gasteiger partial charge in [-0.15, -0.1) is 0 Å². The molecule has 1 amide bonds. The Kier molecular flexibility index (Phi) is 3.43. The molecule has 3 nitrogen and oxygen atoms in total. The molecule has 2 N–H and O–H groups in total. The number of rotatable bonds is 2. The summed E-state index contributed by atoms with van der Waals surface area (Å²) in [7, 11) is 0. The molecule has 0 aromatic heterocycles. The molecule has 1 aromatic rings. The molecule has 6 heteroatoms. The van der Waals surface area contributed by atoms with Crippen molar-refractivity contribution in [2.24, 2.45) is 0 Å². The third kappa shape index (κ3) is 3.00. The SMILES string of the molecule is CC1Cc2cc(N)ccc2N1C(=O)CCC(F)(F)F. The second-order valence-electron chi connectivity index (χ2n) is 4.82. The number of benzene rings is 1. The van der Waals surface area contributed by atoms with Gasteiger partial charge in [-0.25, -0.2) is 0 Å². The summed E-state index contributed by atoms with van der Waals surface area (Å²) in [6.07, 6.45) is -5.28. The lowest BCUT2D eigenvalue weighted by molar-refractivity contribution is -0.143. The highest BCUT2D eigenvalue weighted by Crippen LogP contribution is 2.34. The molecule has 0 radical (unpaired) electrons.